The van der Waals surface area contributed by atoms with Crippen molar-refractivity contribution < 1.29 is 8.91 Å². The Hall–Kier alpha value is -1.40. The number of halogens is 1. The molecule has 0 aliphatic rings. The monoisotopic (exact) mass is 309 g/mol. The zero-order valence-corrected chi connectivity index (χ0v) is 12.9. The fraction of sp³-hybridized carbons (Fsp3) is 0.467. The maximum atomic E-state index is 12.8. The first kappa shape index (κ1) is 16.0. The molecule has 0 fully saturated rings. The van der Waals surface area contributed by atoms with Gasteiger partial charge in [0, 0.05) is 11.3 Å². The van der Waals surface area contributed by atoms with E-state index in [0.29, 0.717) is 29.9 Å². The van der Waals surface area contributed by atoms with Gasteiger partial charge in [-0.05, 0) is 49.6 Å². The van der Waals surface area contributed by atoms with E-state index >= 15 is 0 Å². The summed E-state index contributed by atoms with van der Waals surface area (Å²) in [6.45, 7) is 2.89. The molecular formula is C15H20FN3OS. The second kappa shape index (κ2) is 8.14. The van der Waals surface area contributed by atoms with Crippen molar-refractivity contribution in [2.24, 2.45) is 11.7 Å². The molecule has 6 heteroatoms. The third kappa shape index (κ3) is 5.47. The van der Waals surface area contributed by atoms with Gasteiger partial charge in [0.15, 0.2) is 5.82 Å². The molecule has 4 nitrogen and oxygen atoms in total. The van der Waals surface area contributed by atoms with E-state index in [9.17, 15) is 4.39 Å². The van der Waals surface area contributed by atoms with E-state index in [-0.39, 0.29) is 5.82 Å². The first-order valence-electron chi connectivity index (χ1n) is 7.07. The maximum Gasteiger partial charge on any atom is 0.226 e. The van der Waals surface area contributed by atoms with Crippen LogP contribution in [0.25, 0.3) is 0 Å². The molecule has 2 rings (SSSR count). The van der Waals surface area contributed by atoms with E-state index in [1.807, 2.05) is 0 Å². The van der Waals surface area contributed by atoms with Gasteiger partial charge in [-0.1, -0.05) is 12.1 Å². The van der Waals surface area contributed by atoms with Gasteiger partial charge in [-0.3, -0.25) is 0 Å². The van der Waals surface area contributed by atoms with Gasteiger partial charge in [0.2, 0.25) is 5.89 Å². The van der Waals surface area contributed by atoms with Crippen molar-refractivity contribution in [3.8, 4) is 0 Å². The lowest BCUT2D eigenvalue weighted by Crippen LogP contribution is -2.06. The average Bonchev–Trinajstić information content (AvgIpc) is 2.93. The summed E-state index contributed by atoms with van der Waals surface area (Å²) in [4.78, 5) is 5.36. The van der Waals surface area contributed by atoms with Crippen LogP contribution >= 0.6 is 11.8 Å². The minimum absolute atomic E-state index is 0.229. The van der Waals surface area contributed by atoms with Crippen molar-refractivity contribution in [3.63, 3.8) is 0 Å². The number of rotatable bonds is 8. The van der Waals surface area contributed by atoms with Crippen LogP contribution in [0, 0.1) is 11.7 Å². The van der Waals surface area contributed by atoms with Crippen molar-refractivity contribution in [1.82, 2.24) is 10.1 Å². The lowest BCUT2D eigenvalue weighted by molar-refractivity contribution is 0.359. The molecule has 1 unspecified atom stereocenters. The van der Waals surface area contributed by atoms with Crippen molar-refractivity contribution in [3.05, 3.63) is 41.8 Å². The van der Waals surface area contributed by atoms with E-state index in [0.717, 1.165) is 24.2 Å². The summed E-state index contributed by atoms with van der Waals surface area (Å²) in [5, 5.41) is 3.97. The predicted octanol–water partition coefficient (Wildman–Crippen LogP) is 3.42. The summed E-state index contributed by atoms with van der Waals surface area (Å²) in [5.74, 6) is 2.30. The van der Waals surface area contributed by atoms with E-state index < -0.39 is 0 Å². The van der Waals surface area contributed by atoms with E-state index in [2.05, 4.69) is 17.1 Å². The molecule has 0 amide bonds. The number of hydrogen-bond acceptors (Lipinski definition) is 5. The maximum absolute atomic E-state index is 12.8. The zero-order valence-electron chi connectivity index (χ0n) is 12.1. The van der Waals surface area contributed by atoms with Gasteiger partial charge >= 0.3 is 0 Å². The molecule has 1 aromatic carbocycles. The first-order valence-corrected chi connectivity index (χ1v) is 8.06. The zero-order chi connectivity index (χ0) is 15.1. The summed E-state index contributed by atoms with van der Waals surface area (Å²) >= 11 is 1.56. The lowest BCUT2D eigenvalue weighted by atomic mass is 10.0. The molecule has 0 aliphatic heterocycles. The van der Waals surface area contributed by atoms with Crippen molar-refractivity contribution >= 4 is 11.8 Å². The highest BCUT2D eigenvalue weighted by Gasteiger charge is 2.09. The molecule has 114 valence electrons. The highest BCUT2D eigenvalue weighted by Crippen LogP contribution is 2.22. The molecule has 1 heterocycles. The van der Waals surface area contributed by atoms with Gasteiger partial charge in [-0.25, -0.2) is 4.39 Å². The molecule has 0 saturated heterocycles. The Morgan fingerprint density at radius 3 is 2.76 bits per heavy atom. The number of thioether (sulfide) groups is 1. The smallest absolute Gasteiger partial charge is 0.226 e. The second-order valence-electron chi connectivity index (χ2n) is 5.07. The fourth-order valence-electron chi connectivity index (χ4n) is 1.93. The summed E-state index contributed by atoms with van der Waals surface area (Å²) in [5.41, 5.74) is 5.53. The third-order valence-corrected chi connectivity index (χ3v) is 4.21. The average molecular weight is 309 g/mol. The molecular weight excluding hydrogens is 289 g/mol. The number of nitrogens with two attached hydrogens (primary N) is 1. The minimum atomic E-state index is -0.229. The molecule has 0 aliphatic carbocycles. The normalized spacial score (nSPS) is 12.5. The Balaban J connectivity index is 1.78. The molecule has 2 N–H and O–H groups in total. The summed E-state index contributed by atoms with van der Waals surface area (Å²) in [6.07, 6.45) is 2.81. The molecule has 21 heavy (non-hydrogen) atoms. The topological polar surface area (TPSA) is 64.9 Å². The van der Waals surface area contributed by atoms with Gasteiger partial charge in [0.05, 0.1) is 5.75 Å². The predicted molar refractivity (Wildman–Crippen MR) is 81.4 cm³/mol. The summed E-state index contributed by atoms with van der Waals surface area (Å²) in [6, 6.07) is 6.39. The van der Waals surface area contributed by atoms with Crippen molar-refractivity contribution in [2.45, 2.75) is 36.8 Å². The van der Waals surface area contributed by atoms with Gasteiger partial charge < -0.3 is 10.3 Å². The number of nitrogens with zero attached hydrogens (tertiary/aromatic N) is 2. The van der Waals surface area contributed by atoms with Crippen LogP contribution in [-0.4, -0.2) is 16.7 Å². The molecule has 0 saturated carbocycles. The second-order valence-corrected chi connectivity index (χ2v) is 6.12. The number of hydrogen-bond donors (Lipinski definition) is 1. The standard InChI is InChI=1S/C15H20FN3OS/c1-11(8-9-17)2-7-15-18-14(19-20-15)10-21-13-5-3-12(16)4-6-13/h3-6,11H,2,7-10,17H2,1H3. The van der Waals surface area contributed by atoms with Crippen LogP contribution in [-0.2, 0) is 12.2 Å². The van der Waals surface area contributed by atoms with Gasteiger partial charge in [-0.2, -0.15) is 4.98 Å². The quantitative estimate of drug-likeness (QED) is 0.757. The van der Waals surface area contributed by atoms with E-state index in [4.69, 9.17) is 10.3 Å². The molecule has 1 aromatic heterocycles. The molecule has 2 aromatic rings. The summed E-state index contributed by atoms with van der Waals surface area (Å²) < 4.78 is 18.0. The lowest BCUT2D eigenvalue weighted by Gasteiger charge is -2.06. The van der Waals surface area contributed by atoms with Gasteiger partial charge in [-0.15, -0.1) is 11.8 Å². The van der Waals surface area contributed by atoms with Crippen LogP contribution < -0.4 is 5.73 Å². The third-order valence-electron chi connectivity index (χ3n) is 3.20. The van der Waals surface area contributed by atoms with Crippen LogP contribution in [0.3, 0.4) is 0 Å². The van der Waals surface area contributed by atoms with Crippen LogP contribution in [0.1, 0.15) is 31.5 Å². The first-order chi connectivity index (χ1) is 10.2. The van der Waals surface area contributed by atoms with E-state index in [1.165, 1.54) is 12.1 Å². The van der Waals surface area contributed by atoms with Crippen LogP contribution in [0.4, 0.5) is 4.39 Å². The fourth-order valence-corrected chi connectivity index (χ4v) is 2.67. The van der Waals surface area contributed by atoms with Crippen LogP contribution in [0.2, 0.25) is 0 Å². The SMILES string of the molecule is CC(CCN)CCc1nc(CSc2ccc(F)cc2)no1. The molecule has 0 spiro atoms. The van der Waals surface area contributed by atoms with Crippen molar-refractivity contribution in [2.75, 3.05) is 6.54 Å². The minimum Gasteiger partial charge on any atom is -0.339 e. The Labute approximate surface area is 128 Å². The number of aromatic nitrogens is 2. The van der Waals surface area contributed by atoms with Gasteiger partial charge in [0.25, 0.3) is 0 Å². The molecule has 0 bridgehead atoms. The number of benzene rings is 1. The van der Waals surface area contributed by atoms with Gasteiger partial charge in [0.1, 0.15) is 5.82 Å². The molecule has 0 radical (unpaired) electrons. The van der Waals surface area contributed by atoms with Crippen LogP contribution in [0.15, 0.2) is 33.7 Å². The molecule has 1 atom stereocenters. The summed E-state index contributed by atoms with van der Waals surface area (Å²) in [7, 11) is 0. The van der Waals surface area contributed by atoms with Crippen LogP contribution in [0.5, 0.6) is 0 Å². The Kier molecular flexibility index (Phi) is 6.20. The highest BCUT2D eigenvalue weighted by molar-refractivity contribution is 7.98. The van der Waals surface area contributed by atoms with E-state index in [1.54, 1.807) is 23.9 Å². The Morgan fingerprint density at radius 1 is 1.29 bits per heavy atom. The Morgan fingerprint density at radius 2 is 2.05 bits per heavy atom. The number of aryl methyl sites for hydroxylation is 1. The highest BCUT2D eigenvalue weighted by atomic mass is 32.2. The van der Waals surface area contributed by atoms with Crippen molar-refractivity contribution in [1.29, 1.82) is 0 Å². The Bertz CT molecular complexity index is 544. The largest absolute Gasteiger partial charge is 0.339 e.